The first-order valence-electron chi connectivity index (χ1n) is 7.12. The maximum Gasteiger partial charge on any atom is -0.147 e. The Morgan fingerprint density at radius 2 is 0.882 bits per heavy atom. The third-order valence-corrected chi connectivity index (χ3v) is 6.95. The molecular weight excluding hydrogens is 358 g/mol. The molecule has 0 aromatic heterocycles. The molecule has 3 heteroatoms. The minimum Gasteiger partial charge on any atom is -0.147 e. The van der Waals surface area contributed by atoms with Crippen LogP contribution in [0.15, 0.2) is 0 Å². The summed E-state index contributed by atoms with van der Waals surface area (Å²) < 4.78 is 3.31. The van der Waals surface area contributed by atoms with Gasteiger partial charge in [-0.3, -0.25) is 0 Å². The van der Waals surface area contributed by atoms with Crippen LogP contribution in [-0.4, -0.2) is 21.1 Å². The van der Waals surface area contributed by atoms with Crippen molar-refractivity contribution in [1.82, 2.24) is 0 Å². The van der Waals surface area contributed by atoms with Crippen molar-refractivity contribution < 1.29 is 0 Å². The van der Waals surface area contributed by atoms with Gasteiger partial charge in [-0.25, -0.2) is 0 Å². The molecule has 0 N–H and O–H groups in total. The standard InChI is InChI=1S/2C7H15.2ClH.Sn/c2*1-3-5-7-6-4-2;;;/h2*1,3-7H2,2H3;2*1H;. The molecule has 2 radical (unpaired) electrons. The third-order valence-electron chi connectivity index (χ3n) is 2.91. The van der Waals surface area contributed by atoms with Crippen molar-refractivity contribution in [3.05, 3.63) is 0 Å². The number of hydrogen-bond donors (Lipinski definition) is 0. The van der Waals surface area contributed by atoms with Gasteiger partial charge in [0.05, 0.1) is 0 Å². The molecule has 106 valence electrons. The Morgan fingerprint density at radius 1 is 0.529 bits per heavy atom. The van der Waals surface area contributed by atoms with Crippen LogP contribution in [0.5, 0.6) is 0 Å². The van der Waals surface area contributed by atoms with Gasteiger partial charge in [-0.05, 0) is 0 Å². The number of unbranched alkanes of at least 4 members (excludes halogenated alkanes) is 8. The van der Waals surface area contributed by atoms with Crippen molar-refractivity contribution in [2.75, 3.05) is 0 Å². The molecule has 0 aliphatic rings. The Morgan fingerprint density at radius 3 is 1.24 bits per heavy atom. The third kappa shape index (κ3) is 23.0. The fraction of sp³-hybridized carbons (Fsp3) is 1.00. The molecule has 0 heterocycles. The Balaban J connectivity index is -0.000000980. The summed E-state index contributed by atoms with van der Waals surface area (Å²) in [5, 5.41) is 0. The van der Waals surface area contributed by atoms with E-state index >= 15 is 0 Å². The van der Waals surface area contributed by atoms with E-state index in [2.05, 4.69) is 13.8 Å². The Kier molecular flexibility index (Phi) is 31.1. The van der Waals surface area contributed by atoms with Crippen LogP contribution in [-0.2, 0) is 0 Å². The van der Waals surface area contributed by atoms with Crippen LogP contribution in [0.25, 0.3) is 0 Å². The second-order valence-corrected chi connectivity index (χ2v) is 8.86. The normalized spacial score (nSPS) is 9.53. The van der Waals surface area contributed by atoms with Crippen LogP contribution < -0.4 is 0 Å². The van der Waals surface area contributed by atoms with Crippen molar-refractivity contribution in [1.29, 1.82) is 0 Å². The van der Waals surface area contributed by atoms with E-state index in [-0.39, 0.29) is 46.0 Å². The summed E-state index contributed by atoms with van der Waals surface area (Å²) in [4.78, 5) is 0. The van der Waals surface area contributed by atoms with Gasteiger partial charge >= 0.3 is 108 Å². The van der Waals surface area contributed by atoms with Crippen LogP contribution >= 0.6 is 24.8 Å². The molecule has 0 atom stereocenters. The summed E-state index contributed by atoms with van der Waals surface area (Å²) in [7, 11) is 0. The minimum atomic E-state index is 0. The molecule has 0 aromatic carbocycles. The fourth-order valence-corrected chi connectivity index (χ4v) is 5.40. The first-order valence-corrected chi connectivity index (χ1v) is 11.2. The second-order valence-electron chi connectivity index (χ2n) is 4.58. The second kappa shape index (κ2) is 22.5. The molecular formula is C14H32Cl2Sn. The van der Waals surface area contributed by atoms with Crippen molar-refractivity contribution >= 4 is 46.0 Å². The Bertz CT molecular complexity index is 98.4. The molecule has 0 nitrogen and oxygen atoms in total. The van der Waals surface area contributed by atoms with Gasteiger partial charge in [0, 0.05) is 0 Å². The zero-order chi connectivity index (χ0) is 11.2. The van der Waals surface area contributed by atoms with Gasteiger partial charge in [-0.15, -0.1) is 24.8 Å². The summed E-state index contributed by atoms with van der Waals surface area (Å²) >= 11 is 0.0871. The van der Waals surface area contributed by atoms with Crippen LogP contribution in [0.3, 0.4) is 0 Å². The van der Waals surface area contributed by atoms with E-state index in [1.807, 2.05) is 0 Å². The van der Waals surface area contributed by atoms with Gasteiger partial charge in [0.25, 0.3) is 0 Å². The smallest absolute Gasteiger partial charge is 0.147 e. The number of hydrogen-bond acceptors (Lipinski definition) is 0. The SMILES string of the molecule is CCCCCC[CH2][Sn][CH2]CCCCCC.Cl.Cl. The van der Waals surface area contributed by atoms with Gasteiger partial charge in [-0.1, -0.05) is 0 Å². The van der Waals surface area contributed by atoms with Gasteiger partial charge in [0.2, 0.25) is 0 Å². The molecule has 0 aromatic rings. The van der Waals surface area contributed by atoms with Gasteiger partial charge in [-0.2, -0.15) is 0 Å². The van der Waals surface area contributed by atoms with E-state index < -0.39 is 0 Å². The molecule has 0 amide bonds. The molecule has 0 unspecified atom stereocenters. The predicted molar refractivity (Wildman–Crippen MR) is 87.4 cm³/mol. The summed E-state index contributed by atoms with van der Waals surface area (Å²) in [6, 6.07) is 0. The molecule has 0 fully saturated rings. The zero-order valence-corrected chi connectivity index (χ0v) is 16.3. The van der Waals surface area contributed by atoms with E-state index in [4.69, 9.17) is 0 Å². The maximum absolute atomic E-state index is 2.30. The maximum atomic E-state index is 2.30. The number of halogens is 2. The largest absolute Gasteiger partial charge is 0.147 e. The molecule has 0 aliphatic carbocycles. The molecule has 0 saturated heterocycles. The minimum absolute atomic E-state index is 0. The fourth-order valence-electron chi connectivity index (χ4n) is 1.83. The average molecular weight is 390 g/mol. The zero-order valence-electron chi connectivity index (χ0n) is 11.8. The summed E-state index contributed by atoms with van der Waals surface area (Å²) in [6.45, 7) is 4.60. The van der Waals surface area contributed by atoms with Gasteiger partial charge in [0.15, 0.2) is 0 Å². The molecule has 17 heavy (non-hydrogen) atoms. The van der Waals surface area contributed by atoms with Crippen LogP contribution in [0.1, 0.15) is 78.1 Å². The topological polar surface area (TPSA) is 0 Å². The molecule has 0 spiro atoms. The van der Waals surface area contributed by atoms with Crippen LogP contribution in [0.4, 0.5) is 0 Å². The van der Waals surface area contributed by atoms with E-state index in [0.717, 1.165) is 0 Å². The van der Waals surface area contributed by atoms with Crippen molar-refractivity contribution in [3.8, 4) is 0 Å². The monoisotopic (exact) mass is 390 g/mol. The van der Waals surface area contributed by atoms with Crippen molar-refractivity contribution in [2.24, 2.45) is 0 Å². The predicted octanol–water partition coefficient (Wildman–Crippen LogP) is 6.31. The molecule has 0 saturated carbocycles. The molecule has 0 rings (SSSR count). The van der Waals surface area contributed by atoms with E-state index in [1.165, 1.54) is 51.4 Å². The summed E-state index contributed by atoms with van der Waals surface area (Å²) in [5.41, 5.74) is 0. The van der Waals surface area contributed by atoms with E-state index in [1.54, 1.807) is 21.7 Å². The Labute approximate surface area is 132 Å². The summed E-state index contributed by atoms with van der Waals surface area (Å²) in [5.74, 6) is 0. The van der Waals surface area contributed by atoms with Crippen molar-refractivity contribution in [2.45, 2.75) is 86.9 Å². The van der Waals surface area contributed by atoms with E-state index in [9.17, 15) is 0 Å². The first-order chi connectivity index (χ1) is 7.41. The molecule has 0 aliphatic heterocycles. The first kappa shape index (κ1) is 23.5. The van der Waals surface area contributed by atoms with E-state index in [0.29, 0.717) is 0 Å². The van der Waals surface area contributed by atoms with Gasteiger partial charge < -0.3 is 0 Å². The average Bonchev–Trinajstić information content (AvgIpc) is 2.26. The Hall–Kier alpha value is 1.38. The number of rotatable bonds is 12. The van der Waals surface area contributed by atoms with Crippen LogP contribution in [0.2, 0.25) is 8.87 Å². The van der Waals surface area contributed by atoms with Crippen LogP contribution in [0, 0.1) is 0 Å². The quantitative estimate of drug-likeness (QED) is 0.271. The summed E-state index contributed by atoms with van der Waals surface area (Å²) in [6.07, 6.45) is 14.8. The van der Waals surface area contributed by atoms with Crippen molar-refractivity contribution in [3.63, 3.8) is 0 Å². The van der Waals surface area contributed by atoms with Gasteiger partial charge in [0.1, 0.15) is 0 Å². The molecule has 0 bridgehead atoms.